The molecular formula is C9H8O4. The fraction of sp³-hybridized carbons (Fsp3) is 0.333. The molecule has 0 aromatic heterocycles. The van der Waals surface area contributed by atoms with Crippen LogP contribution in [0.5, 0.6) is 0 Å². The quantitative estimate of drug-likeness (QED) is 0.663. The summed E-state index contributed by atoms with van der Waals surface area (Å²) >= 11 is 0. The minimum atomic E-state index is -1.11. The molecule has 68 valence electrons. The number of allylic oxidation sites excluding steroid dienone is 2. The molecule has 4 heteroatoms. The van der Waals surface area contributed by atoms with Gasteiger partial charge in [0, 0.05) is 0 Å². The molecule has 2 aliphatic rings. The van der Waals surface area contributed by atoms with Crippen molar-refractivity contribution in [2.45, 2.75) is 19.3 Å². The highest BCUT2D eigenvalue weighted by Crippen LogP contribution is 2.43. The van der Waals surface area contributed by atoms with Crippen LogP contribution in [0, 0.1) is 0 Å². The number of aliphatic carboxylic acids is 2. The number of carboxylic acid groups (broad SMARTS) is 2. The van der Waals surface area contributed by atoms with Crippen LogP contribution in [-0.4, -0.2) is 22.2 Å². The molecule has 4 nitrogen and oxygen atoms in total. The zero-order valence-electron chi connectivity index (χ0n) is 6.83. The van der Waals surface area contributed by atoms with E-state index >= 15 is 0 Å². The summed E-state index contributed by atoms with van der Waals surface area (Å²) in [6.45, 7) is 0. The zero-order valence-corrected chi connectivity index (χ0v) is 6.83. The molecule has 0 atom stereocenters. The molecule has 0 aliphatic heterocycles. The Morgan fingerprint density at radius 2 is 1.31 bits per heavy atom. The predicted molar refractivity (Wildman–Crippen MR) is 43.2 cm³/mol. The van der Waals surface area contributed by atoms with Crippen LogP contribution in [0.3, 0.4) is 0 Å². The molecule has 0 amide bonds. The summed E-state index contributed by atoms with van der Waals surface area (Å²) in [6, 6.07) is 0. The molecule has 0 radical (unpaired) electrons. The third-order valence-corrected chi connectivity index (χ3v) is 2.54. The molecule has 0 unspecified atom stereocenters. The highest BCUT2D eigenvalue weighted by Gasteiger charge is 2.36. The summed E-state index contributed by atoms with van der Waals surface area (Å²) in [5, 5.41) is 17.6. The largest absolute Gasteiger partial charge is 0.478 e. The van der Waals surface area contributed by atoms with E-state index in [1.165, 1.54) is 0 Å². The number of hydrogen-bond donors (Lipinski definition) is 2. The van der Waals surface area contributed by atoms with E-state index in [2.05, 4.69) is 0 Å². The molecular weight excluding hydrogens is 172 g/mol. The van der Waals surface area contributed by atoms with Crippen molar-refractivity contribution in [2.24, 2.45) is 0 Å². The molecule has 0 saturated heterocycles. The molecule has 2 rings (SSSR count). The minimum absolute atomic E-state index is 0.0359. The van der Waals surface area contributed by atoms with Crippen LogP contribution >= 0.6 is 0 Å². The smallest absolute Gasteiger partial charge is 0.336 e. The summed E-state index contributed by atoms with van der Waals surface area (Å²) in [7, 11) is 0. The van der Waals surface area contributed by atoms with Gasteiger partial charge in [0.25, 0.3) is 0 Å². The number of fused-ring (bicyclic) bond motifs is 2. The van der Waals surface area contributed by atoms with Gasteiger partial charge in [-0.05, 0) is 19.3 Å². The first kappa shape index (κ1) is 8.04. The monoisotopic (exact) mass is 180 g/mol. The van der Waals surface area contributed by atoms with Gasteiger partial charge >= 0.3 is 11.9 Å². The van der Waals surface area contributed by atoms with Crippen LogP contribution in [-0.2, 0) is 9.59 Å². The Morgan fingerprint density at radius 1 is 0.923 bits per heavy atom. The van der Waals surface area contributed by atoms with E-state index < -0.39 is 11.9 Å². The zero-order chi connectivity index (χ0) is 9.59. The van der Waals surface area contributed by atoms with Gasteiger partial charge in [-0.25, -0.2) is 9.59 Å². The third kappa shape index (κ3) is 0.983. The van der Waals surface area contributed by atoms with Gasteiger partial charge in [-0.3, -0.25) is 0 Å². The maximum atomic E-state index is 10.8. The van der Waals surface area contributed by atoms with Crippen molar-refractivity contribution >= 4 is 11.9 Å². The first-order valence-corrected chi connectivity index (χ1v) is 4.02. The number of hydrogen-bond acceptors (Lipinski definition) is 2. The topological polar surface area (TPSA) is 74.6 Å². The number of rotatable bonds is 2. The lowest BCUT2D eigenvalue weighted by Crippen LogP contribution is -2.13. The van der Waals surface area contributed by atoms with Gasteiger partial charge in [-0.15, -0.1) is 0 Å². The fourth-order valence-electron chi connectivity index (χ4n) is 2.03. The van der Waals surface area contributed by atoms with Crippen LogP contribution in [0.2, 0.25) is 0 Å². The Kier molecular flexibility index (Phi) is 1.52. The third-order valence-electron chi connectivity index (χ3n) is 2.54. The van der Waals surface area contributed by atoms with Crippen LogP contribution in [0.25, 0.3) is 0 Å². The molecule has 2 bridgehead atoms. The Morgan fingerprint density at radius 3 is 1.62 bits per heavy atom. The van der Waals surface area contributed by atoms with E-state index in [9.17, 15) is 9.59 Å². The molecule has 0 aromatic rings. The van der Waals surface area contributed by atoms with Crippen molar-refractivity contribution in [3.05, 3.63) is 22.3 Å². The summed E-state index contributed by atoms with van der Waals surface area (Å²) in [4.78, 5) is 21.5. The van der Waals surface area contributed by atoms with E-state index in [0.29, 0.717) is 19.3 Å². The van der Waals surface area contributed by atoms with E-state index in [1.807, 2.05) is 0 Å². The average Bonchev–Trinajstić information content (AvgIpc) is 2.60. The van der Waals surface area contributed by atoms with Crippen molar-refractivity contribution in [1.82, 2.24) is 0 Å². The van der Waals surface area contributed by atoms with Crippen molar-refractivity contribution in [3.8, 4) is 0 Å². The molecule has 1 fully saturated rings. The van der Waals surface area contributed by atoms with Gasteiger partial charge in [-0.1, -0.05) is 11.1 Å². The molecule has 2 N–H and O–H groups in total. The number of carboxylic acids is 2. The lowest BCUT2D eigenvalue weighted by Gasteiger charge is -2.07. The maximum absolute atomic E-state index is 10.8. The highest BCUT2D eigenvalue weighted by molar-refractivity contribution is 6.08. The Bertz CT molecular complexity index is 337. The second-order valence-corrected chi connectivity index (χ2v) is 3.24. The normalized spacial score (nSPS) is 20.0. The second kappa shape index (κ2) is 2.45. The molecule has 0 heterocycles. The van der Waals surface area contributed by atoms with Crippen LogP contribution in [0.1, 0.15) is 19.3 Å². The van der Waals surface area contributed by atoms with Gasteiger partial charge in [0.05, 0.1) is 11.1 Å². The predicted octanol–water partition coefficient (Wildman–Crippen LogP) is 0.946. The molecule has 13 heavy (non-hydrogen) atoms. The summed E-state index contributed by atoms with van der Waals surface area (Å²) < 4.78 is 0. The van der Waals surface area contributed by atoms with Crippen molar-refractivity contribution < 1.29 is 19.8 Å². The Labute approximate surface area is 74.2 Å². The van der Waals surface area contributed by atoms with E-state index in [0.717, 1.165) is 11.1 Å². The van der Waals surface area contributed by atoms with Crippen LogP contribution < -0.4 is 0 Å². The molecule has 0 aromatic carbocycles. The van der Waals surface area contributed by atoms with Gasteiger partial charge in [0.1, 0.15) is 0 Å². The van der Waals surface area contributed by atoms with Crippen molar-refractivity contribution in [2.75, 3.05) is 0 Å². The van der Waals surface area contributed by atoms with Gasteiger partial charge in [0.2, 0.25) is 0 Å². The van der Waals surface area contributed by atoms with Crippen molar-refractivity contribution in [3.63, 3.8) is 0 Å². The van der Waals surface area contributed by atoms with Gasteiger partial charge < -0.3 is 10.2 Å². The summed E-state index contributed by atoms with van der Waals surface area (Å²) in [6.07, 6.45) is 1.99. The first-order valence-electron chi connectivity index (χ1n) is 4.02. The van der Waals surface area contributed by atoms with E-state index in [4.69, 9.17) is 10.2 Å². The average molecular weight is 180 g/mol. The van der Waals surface area contributed by atoms with E-state index in [-0.39, 0.29) is 11.1 Å². The second-order valence-electron chi connectivity index (χ2n) is 3.24. The minimum Gasteiger partial charge on any atom is -0.478 e. The SMILES string of the molecule is O=C(O)C1=C2CCC(=C1C(=O)O)C2. The molecule has 1 saturated carbocycles. The fourth-order valence-corrected chi connectivity index (χ4v) is 2.03. The number of carbonyl (C=O) groups is 2. The van der Waals surface area contributed by atoms with E-state index in [1.54, 1.807) is 0 Å². The molecule has 0 spiro atoms. The lowest BCUT2D eigenvalue weighted by molar-refractivity contribution is -0.136. The summed E-state index contributed by atoms with van der Waals surface area (Å²) in [5.74, 6) is -2.22. The maximum Gasteiger partial charge on any atom is 0.336 e. The van der Waals surface area contributed by atoms with Gasteiger partial charge in [-0.2, -0.15) is 0 Å². The lowest BCUT2D eigenvalue weighted by atomic mass is 9.98. The first-order chi connectivity index (χ1) is 6.11. The van der Waals surface area contributed by atoms with Crippen molar-refractivity contribution in [1.29, 1.82) is 0 Å². The summed E-state index contributed by atoms with van der Waals surface area (Å²) in [5.41, 5.74) is 1.63. The van der Waals surface area contributed by atoms with Gasteiger partial charge in [0.15, 0.2) is 0 Å². The molecule has 2 aliphatic carbocycles. The highest BCUT2D eigenvalue weighted by atomic mass is 16.4. The van der Waals surface area contributed by atoms with Crippen LogP contribution in [0.4, 0.5) is 0 Å². The Hall–Kier alpha value is -1.58. The Balaban J connectivity index is 2.52. The van der Waals surface area contributed by atoms with Crippen LogP contribution in [0.15, 0.2) is 22.3 Å². The standard InChI is InChI=1S/C9H8O4/c10-8(11)6-4-1-2-5(3-4)7(6)9(12)13/h1-3H2,(H,10,11)(H,12,13).